The monoisotopic (exact) mass is 209 g/mol. The predicted octanol–water partition coefficient (Wildman–Crippen LogP) is 3.02. The third-order valence-corrected chi connectivity index (χ3v) is 2.13. The lowest BCUT2D eigenvalue weighted by atomic mass is 10.1. The highest BCUT2D eigenvalue weighted by Crippen LogP contribution is 2.29. The third kappa shape index (κ3) is 1.83. The molecule has 78 valence electrons. The number of benzene rings is 2. The van der Waals surface area contributed by atoms with Crippen molar-refractivity contribution in [1.29, 1.82) is 0 Å². The minimum absolute atomic E-state index is 0.148. The summed E-state index contributed by atoms with van der Waals surface area (Å²) in [5.74, 6) is 0.148. The molecule has 0 aromatic heterocycles. The van der Waals surface area contributed by atoms with Crippen LogP contribution in [-0.2, 0) is 0 Å². The van der Waals surface area contributed by atoms with Crippen LogP contribution in [0.2, 0.25) is 0 Å². The first-order valence-electron chi connectivity index (χ1n) is 4.40. The van der Waals surface area contributed by atoms with E-state index in [4.69, 9.17) is 5.73 Å². The molecule has 0 atom stereocenters. The highest BCUT2D eigenvalue weighted by atomic mass is 19.3. The highest BCUT2D eigenvalue weighted by Gasteiger charge is 2.08. The Bertz CT molecular complexity index is 485. The molecule has 0 aliphatic rings. The van der Waals surface area contributed by atoms with E-state index in [0.29, 0.717) is 11.1 Å². The summed E-state index contributed by atoms with van der Waals surface area (Å²) >= 11 is 0. The van der Waals surface area contributed by atoms with E-state index in [0.717, 1.165) is 5.39 Å². The van der Waals surface area contributed by atoms with Gasteiger partial charge in [-0.1, -0.05) is 24.3 Å². The Morgan fingerprint density at radius 2 is 1.67 bits per heavy atom. The molecule has 0 saturated heterocycles. The molecule has 0 bridgehead atoms. The third-order valence-electron chi connectivity index (χ3n) is 2.13. The minimum Gasteiger partial charge on any atom is -0.434 e. The molecule has 0 aliphatic carbocycles. The van der Waals surface area contributed by atoms with Crippen molar-refractivity contribution in [2.24, 2.45) is 0 Å². The van der Waals surface area contributed by atoms with E-state index < -0.39 is 6.61 Å². The van der Waals surface area contributed by atoms with Crippen LogP contribution < -0.4 is 10.5 Å². The van der Waals surface area contributed by atoms with Gasteiger partial charge in [-0.15, -0.1) is 0 Å². The fraction of sp³-hybridized carbons (Fsp3) is 0.0909. The lowest BCUT2D eigenvalue weighted by Gasteiger charge is -2.08. The van der Waals surface area contributed by atoms with Gasteiger partial charge in [0, 0.05) is 16.5 Å². The van der Waals surface area contributed by atoms with E-state index in [9.17, 15) is 8.78 Å². The number of rotatable bonds is 2. The summed E-state index contributed by atoms with van der Waals surface area (Å²) in [6.45, 7) is -2.82. The van der Waals surface area contributed by atoms with Crippen LogP contribution in [-0.4, -0.2) is 6.61 Å². The first kappa shape index (κ1) is 9.71. The Morgan fingerprint density at radius 1 is 1.00 bits per heavy atom. The van der Waals surface area contributed by atoms with Gasteiger partial charge in [0.2, 0.25) is 0 Å². The second-order valence-electron chi connectivity index (χ2n) is 3.08. The quantitative estimate of drug-likeness (QED) is 0.771. The number of alkyl halides is 2. The fourth-order valence-corrected chi connectivity index (χ4v) is 1.50. The molecule has 2 nitrogen and oxygen atoms in total. The zero-order chi connectivity index (χ0) is 10.8. The maximum absolute atomic E-state index is 12.1. The Kier molecular flexibility index (Phi) is 2.41. The highest BCUT2D eigenvalue weighted by molar-refractivity contribution is 5.96. The smallest absolute Gasteiger partial charge is 0.387 e. The van der Waals surface area contributed by atoms with Gasteiger partial charge in [0.25, 0.3) is 0 Å². The number of hydrogen-bond acceptors (Lipinski definition) is 2. The second-order valence-corrected chi connectivity index (χ2v) is 3.08. The van der Waals surface area contributed by atoms with Crippen LogP contribution in [0.25, 0.3) is 10.8 Å². The fourth-order valence-electron chi connectivity index (χ4n) is 1.50. The van der Waals surface area contributed by atoms with E-state index in [1.54, 1.807) is 30.3 Å². The van der Waals surface area contributed by atoms with Crippen LogP contribution in [0, 0.1) is 0 Å². The van der Waals surface area contributed by atoms with E-state index in [1.165, 1.54) is 6.07 Å². The maximum atomic E-state index is 12.1. The van der Waals surface area contributed by atoms with E-state index >= 15 is 0 Å². The van der Waals surface area contributed by atoms with Crippen LogP contribution in [0.3, 0.4) is 0 Å². The molecule has 0 aliphatic heterocycles. The molecule has 2 aromatic carbocycles. The molecule has 2 N–H and O–H groups in total. The topological polar surface area (TPSA) is 35.2 Å². The first-order valence-corrected chi connectivity index (χ1v) is 4.40. The lowest BCUT2D eigenvalue weighted by molar-refractivity contribution is -0.0487. The summed E-state index contributed by atoms with van der Waals surface area (Å²) < 4.78 is 28.6. The maximum Gasteiger partial charge on any atom is 0.387 e. The molecule has 0 radical (unpaired) electrons. The van der Waals surface area contributed by atoms with Gasteiger partial charge in [0.15, 0.2) is 0 Å². The van der Waals surface area contributed by atoms with Crippen molar-refractivity contribution in [1.82, 2.24) is 0 Å². The summed E-state index contributed by atoms with van der Waals surface area (Å²) in [7, 11) is 0. The molecule has 0 saturated carbocycles. The van der Waals surface area contributed by atoms with Gasteiger partial charge >= 0.3 is 6.61 Å². The van der Waals surface area contributed by atoms with Gasteiger partial charge in [-0.05, 0) is 12.1 Å². The Balaban J connectivity index is 2.61. The van der Waals surface area contributed by atoms with Crippen molar-refractivity contribution in [3.63, 3.8) is 0 Å². The zero-order valence-electron chi connectivity index (χ0n) is 7.78. The molecule has 2 aromatic rings. The normalized spacial score (nSPS) is 10.9. The van der Waals surface area contributed by atoms with Crippen LogP contribution in [0.5, 0.6) is 5.75 Å². The lowest BCUT2D eigenvalue weighted by Crippen LogP contribution is -2.02. The number of nitrogen functional groups attached to an aromatic ring is 1. The molecular weight excluding hydrogens is 200 g/mol. The summed E-state index contributed by atoms with van der Waals surface area (Å²) in [5, 5.41) is 1.31. The summed E-state index contributed by atoms with van der Waals surface area (Å²) in [5.41, 5.74) is 6.26. The van der Waals surface area contributed by atoms with E-state index in [2.05, 4.69) is 4.74 Å². The number of ether oxygens (including phenoxy) is 1. The molecular formula is C11H9F2NO. The van der Waals surface area contributed by atoms with Crippen molar-refractivity contribution in [2.45, 2.75) is 6.61 Å². The number of halogens is 2. The largest absolute Gasteiger partial charge is 0.434 e. The predicted molar refractivity (Wildman–Crippen MR) is 55.0 cm³/mol. The van der Waals surface area contributed by atoms with Crippen molar-refractivity contribution >= 4 is 16.5 Å². The summed E-state index contributed by atoms with van der Waals surface area (Å²) in [4.78, 5) is 0. The van der Waals surface area contributed by atoms with Gasteiger partial charge in [-0.25, -0.2) is 0 Å². The Hall–Kier alpha value is -1.84. The molecule has 2 rings (SSSR count). The summed E-state index contributed by atoms with van der Waals surface area (Å²) in [6, 6.07) is 10.0. The van der Waals surface area contributed by atoms with Gasteiger partial charge < -0.3 is 10.5 Å². The Labute approximate surface area is 85.3 Å². The zero-order valence-corrected chi connectivity index (χ0v) is 7.78. The van der Waals surface area contributed by atoms with Crippen molar-refractivity contribution in [3.8, 4) is 5.75 Å². The number of anilines is 1. The van der Waals surface area contributed by atoms with E-state index in [1.807, 2.05) is 0 Å². The number of hydrogen-bond donors (Lipinski definition) is 1. The molecule has 0 fully saturated rings. The van der Waals surface area contributed by atoms with Crippen molar-refractivity contribution in [2.75, 3.05) is 5.73 Å². The SMILES string of the molecule is Nc1cccc2c(OC(F)F)cccc12. The standard InChI is InChI=1S/C11H9F2NO/c12-11(13)15-10-6-2-3-7-8(10)4-1-5-9(7)14/h1-6,11H,14H2. The molecule has 15 heavy (non-hydrogen) atoms. The number of fused-ring (bicyclic) bond motifs is 1. The van der Waals surface area contributed by atoms with Gasteiger partial charge in [-0.3, -0.25) is 0 Å². The molecule has 0 heterocycles. The van der Waals surface area contributed by atoms with E-state index in [-0.39, 0.29) is 5.75 Å². The first-order chi connectivity index (χ1) is 7.18. The molecule has 0 amide bonds. The van der Waals surface area contributed by atoms with Crippen molar-refractivity contribution < 1.29 is 13.5 Å². The van der Waals surface area contributed by atoms with Gasteiger partial charge in [0.1, 0.15) is 5.75 Å². The van der Waals surface area contributed by atoms with Gasteiger partial charge in [0.05, 0.1) is 0 Å². The van der Waals surface area contributed by atoms with Crippen LogP contribution in [0.4, 0.5) is 14.5 Å². The average molecular weight is 209 g/mol. The molecule has 0 spiro atoms. The van der Waals surface area contributed by atoms with Crippen LogP contribution in [0.15, 0.2) is 36.4 Å². The molecule has 0 unspecified atom stereocenters. The molecule has 4 heteroatoms. The van der Waals surface area contributed by atoms with Crippen molar-refractivity contribution in [3.05, 3.63) is 36.4 Å². The van der Waals surface area contributed by atoms with Gasteiger partial charge in [-0.2, -0.15) is 8.78 Å². The Morgan fingerprint density at radius 3 is 2.40 bits per heavy atom. The van der Waals surface area contributed by atoms with Crippen LogP contribution in [0.1, 0.15) is 0 Å². The average Bonchev–Trinajstić information content (AvgIpc) is 2.19. The van der Waals surface area contributed by atoms with Crippen LogP contribution >= 0.6 is 0 Å². The second kappa shape index (κ2) is 3.73. The number of nitrogens with two attached hydrogens (primary N) is 1. The summed E-state index contributed by atoms with van der Waals surface area (Å²) in [6.07, 6.45) is 0. The minimum atomic E-state index is -2.82.